The molecule has 5 nitrogen and oxygen atoms in total. The highest BCUT2D eigenvalue weighted by Gasteiger charge is 2.16. The van der Waals surface area contributed by atoms with Gasteiger partial charge in [-0.05, 0) is 53.4 Å². The van der Waals surface area contributed by atoms with Gasteiger partial charge >= 0.3 is 0 Å². The highest BCUT2D eigenvalue weighted by atomic mass is 79.9. The molecule has 1 aromatic carbocycles. The van der Waals surface area contributed by atoms with E-state index in [0.717, 1.165) is 67.0 Å². The molecule has 0 radical (unpaired) electrons. The molecule has 0 aromatic heterocycles. The lowest BCUT2D eigenvalue weighted by atomic mass is 10.2. The number of nitrogens with one attached hydrogen (secondary N) is 1. The van der Waals surface area contributed by atoms with Crippen LogP contribution in [0.25, 0.3) is 0 Å². The third kappa shape index (κ3) is 6.68. The van der Waals surface area contributed by atoms with E-state index in [1.807, 2.05) is 24.0 Å². The first-order valence-electron chi connectivity index (χ1n) is 8.63. The van der Waals surface area contributed by atoms with Crippen molar-refractivity contribution in [3.05, 3.63) is 22.2 Å². The molecule has 142 valence electrons. The summed E-state index contributed by atoms with van der Waals surface area (Å²) in [6.07, 6.45) is 4.01. The number of amides is 1. The maximum absolute atomic E-state index is 12.0. The Kier molecular flexibility index (Phi) is 10.2. The topological polar surface area (TPSA) is 50.8 Å². The van der Waals surface area contributed by atoms with E-state index >= 15 is 0 Å². The summed E-state index contributed by atoms with van der Waals surface area (Å²) in [4.78, 5) is 14.0. The van der Waals surface area contributed by atoms with E-state index in [-0.39, 0.29) is 12.4 Å². The molecule has 1 saturated heterocycles. The number of benzene rings is 1. The number of carbonyl (C=O) groups is 1. The maximum Gasteiger partial charge on any atom is 0.222 e. The molecule has 1 aliphatic heterocycles. The third-order valence-corrected chi connectivity index (χ3v) is 4.72. The summed E-state index contributed by atoms with van der Waals surface area (Å²) in [7, 11) is 1.64. The highest BCUT2D eigenvalue weighted by molar-refractivity contribution is 9.10. The summed E-state index contributed by atoms with van der Waals surface area (Å²) in [6.45, 7) is 5.73. The Labute approximate surface area is 165 Å². The summed E-state index contributed by atoms with van der Waals surface area (Å²) in [6, 6.07) is 4.03. The van der Waals surface area contributed by atoms with Crippen molar-refractivity contribution in [1.29, 1.82) is 0 Å². The molecular formula is C18H28BrClN2O3. The minimum absolute atomic E-state index is 0. The monoisotopic (exact) mass is 434 g/mol. The van der Waals surface area contributed by atoms with Gasteiger partial charge in [0.1, 0.15) is 0 Å². The zero-order valence-electron chi connectivity index (χ0n) is 15.0. The summed E-state index contributed by atoms with van der Waals surface area (Å²) in [5.41, 5.74) is 1.12. The van der Waals surface area contributed by atoms with Crippen molar-refractivity contribution in [3.63, 3.8) is 0 Å². The van der Waals surface area contributed by atoms with Crippen LogP contribution in [0, 0.1) is 0 Å². The second kappa shape index (κ2) is 11.6. The highest BCUT2D eigenvalue weighted by Crippen LogP contribution is 2.36. The smallest absolute Gasteiger partial charge is 0.222 e. The number of carbonyl (C=O) groups excluding carboxylic acids is 1. The Balaban J connectivity index is 0.00000312. The number of likely N-dealkylation sites (tertiary alicyclic amines) is 1. The predicted molar refractivity (Wildman–Crippen MR) is 106 cm³/mol. The number of nitrogens with zero attached hydrogens (tertiary/aromatic N) is 1. The molecule has 7 heteroatoms. The molecule has 1 N–H and O–H groups in total. The van der Waals surface area contributed by atoms with Crippen molar-refractivity contribution < 1.29 is 14.3 Å². The van der Waals surface area contributed by atoms with Crippen molar-refractivity contribution in [3.8, 4) is 11.5 Å². The Morgan fingerprint density at radius 1 is 1.28 bits per heavy atom. The van der Waals surface area contributed by atoms with E-state index < -0.39 is 0 Å². The molecule has 2 rings (SSSR count). The third-order valence-electron chi connectivity index (χ3n) is 4.13. The van der Waals surface area contributed by atoms with Gasteiger partial charge in [0.05, 0.1) is 18.2 Å². The fourth-order valence-electron chi connectivity index (χ4n) is 2.91. The van der Waals surface area contributed by atoms with E-state index in [1.165, 1.54) is 0 Å². The van der Waals surface area contributed by atoms with Gasteiger partial charge in [-0.25, -0.2) is 0 Å². The molecular weight excluding hydrogens is 408 g/mol. The molecule has 1 aliphatic rings. The maximum atomic E-state index is 12.0. The lowest BCUT2D eigenvalue weighted by Crippen LogP contribution is -2.36. The van der Waals surface area contributed by atoms with Gasteiger partial charge in [-0.3, -0.25) is 4.79 Å². The van der Waals surface area contributed by atoms with Gasteiger partial charge < -0.3 is 19.7 Å². The average molecular weight is 436 g/mol. The largest absolute Gasteiger partial charge is 0.492 e. The zero-order valence-corrected chi connectivity index (χ0v) is 17.4. The van der Waals surface area contributed by atoms with Crippen LogP contribution < -0.4 is 14.8 Å². The summed E-state index contributed by atoms with van der Waals surface area (Å²) in [5, 5.41) is 3.41. The van der Waals surface area contributed by atoms with Crippen LogP contribution in [0.15, 0.2) is 16.6 Å². The standard InChI is InChI=1S/C18H27BrN2O3.ClH/c1-3-24-16-12-14(11-15(19)18(16)23-2)13-20-8-10-21-9-6-4-5-7-17(21)22;/h11-12,20H,3-10,13H2,1-2H3;1H. The number of methoxy groups -OCH3 is 1. The fourth-order valence-corrected chi connectivity index (χ4v) is 3.56. The van der Waals surface area contributed by atoms with Crippen molar-refractivity contribution in [1.82, 2.24) is 10.2 Å². The van der Waals surface area contributed by atoms with Crippen LogP contribution in [0.3, 0.4) is 0 Å². The van der Waals surface area contributed by atoms with Gasteiger partial charge in [0.2, 0.25) is 5.91 Å². The second-order valence-corrected chi connectivity index (χ2v) is 6.76. The van der Waals surface area contributed by atoms with Crippen LogP contribution in [-0.4, -0.2) is 44.2 Å². The molecule has 0 atom stereocenters. The van der Waals surface area contributed by atoms with Crippen molar-refractivity contribution in [2.75, 3.05) is 33.4 Å². The molecule has 0 aliphatic carbocycles. The molecule has 1 heterocycles. The average Bonchev–Trinajstić information content (AvgIpc) is 2.76. The van der Waals surface area contributed by atoms with Crippen LogP contribution in [0.5, 0.6) is 11.5 Å². The molecule has 25 heavy (non-hydrogen) atoms. The lowest BCUT2D eigenvalue weighted by molar-refractivity contribution is -0.130. The first-order chi connectivity index (χ1) is 11.7. The normalized spacial score (nSPS) is 14.7. The van der Waals surface area contributed by atoms with E-state index in [0.29, 0.717) is 18.9 Å². The Bertz CT molecular complexity index is 557. The first kappa shape index (κ1) is 22.1. The summed E-state index contributed by atoms with van der Waals surface area (Å²) in [5.74, 6) is 1.75. The summed E-state index contributed by atoms with van der Waals surface area (Å²) < 4.78 is 11.9. The fraction of sp³-hybridized carbons (Fsp3) is 0.611. The molecule has 1 fully saturated rings. The minimum Gasteiger partial charge on any atom is -0.492 e. The number of rotatable bonds is 8. The van der Waals surface area contributed by atoms with Crippen LogP contribution in [0.1, 0.15) is 38.2 Å². The Morgan fingerprint density at radius 2 is 2.08 bits per heavy atom. The van der Waals surface area contributed by atoms with Crippen molar-refractivity contribution in [2.24, 2.45) is 0 Å². The molecule has 0 unspecified atom stereocenters. The van der Waals surface area contributed by atoms with E-state index in [1.54, 1.807) is 7.11 Å². The zero-order chi connectivity index (χ0) is 17.4. The van der Waals surface area contributed by atoms with E-state index in [4.69, 9.17) is 9.47 Å². The van der Waals surface area contributed by atoms with Gasteiger partial charge in [-0.1, -0.05) is 6.42 Å². The van der Waals surface area contributed by atoms with Gasteiger partial charge in [-0.15, -0.1) is 12.4 Å². The van der Waals surface area contributed by atoms with E-state index in [2.05, 4.69) is 21.2 Å². The minimum atomic E-state index is 0. The quantitative estimate of drug-likeness (QED) is 0.632. The van der Waals surface area contributed by atoms with Crippen molar-refractivity contribution in [2.45, 2.75) is 39.2 Å². The van der Waals surface area contributed by atoms with Crippen molar-refractivity contribution >= 4 is 34.2 Å². The van der Waals surface area contributed by atoms with Crippen LogP contribution in [-0.2, 0) is 11.3 Å². The summed E-state index contributed by atoms with van der Waals surface area (Å²) >= 11 is 3.53. The SMILES string of the molecule is CCOc1cc(CNCCN2CCCCCC2=O)cc(Br)c1OC.Cl. The number of ether oxygens (including phenoxy) is 2. The van der Waals surface area contributed by atoms with Crippen LogP contribution in [0.2, 0.25) is 0 Å². The first-order valence-corrected chi connectivity index (χ1v) is 9.42. The lowest BCUT2D eigenvalue weighted by Gasteiger charge is -2.20. The van der Waals surface area contributed by atoms with E-state index in [9.17, 15) is 4.79 Å². The molecule has 0 saturated carbocycles. The predicted octanol–water partition coefficient (Wildman–Crippen LogP) is 3.77. The van der Waals surface area contributed by atoms with Gasteiger partial charge in [0, 0.05) is 32.6 Å². The number of hydrogen-bond donors (Lipinski definition) is 1. The van der Waals surface area contributed by atoms with Gasteiger partial charge in [0.25, 0.3) is 0 Å². The second-order valence-electron chi connectivity index (χ2n) is 5.91. The molecule has 0 spiro atoms. The Morgan fingerprint density at radius 3 is 2.80 bits per heavy atom. The van der Waals surface area contributed by atoms with Gasteiger partial charge in [0.15, 0.2) is 11.5 Å². The van der Waals surface area contributed by atoms with Crippen LogP contribution in [0.4, 0.5) is 0 Å². The Hall–Kier alpha value is -0.980. The molecule has 1 amide bonds. The number of hydrogen-bond acceptors (Lipinski definition) is 4. The molecule has 0 bridgehead atoms. The van der Waals surface area contributed by atoms with Gasteiger partial charge in [-0.2, -0.15) is 0 Å². The van der Waals surface area contributed by atoms with Crippen LogP contribution >= 0.6 is 28.3 Å². The number of halogens is 2. The molecule has 1 aromatic rings.